The van der Waals surface area contributed by atoms with E-state index in [1.54, 1.807) is 24.3 Å². The zero-order valence-electron chi connectivity index (χ0n) is 17.7. The van der Waals surface area contributed by atoms with Crippen molar-refractivity contribution in [2.24, 2.45) is 0 Å². The molecule has 0 aromatic heterocycles. The number of nitrogens with one attached hydrogen (secondary N) is 1. The fourth-order valence-corrected chi connectivity index (χ4v) is 3.63. The lowest BCUT2D eigenvalue weighted by Crippen LogP contribution is -2.32. The Kier molecular flexibility index (Phi) is 8.81. The third kappa shape index (κ3) is 6.64. The highest BCUT2D eigenvalue weighted by Gasteiger charge is 2.18. The molecule has 1 amide bonds. The Bertz CT molecular complexity index is 1010. The Morgan fingerprint density at radius 1 is 1.28 bits per heavy atom. The molecule has 168 valence electrons. The molecule has 0 saturated carbocycles. The van der Waals surface area contributed by atoms with E-state index in [-0.39, 0.29) is 18.3 Å². The molecule has 0 spiro atoms. The van der Waals surface area contributed by atoms with Gasteiger partial charge in [0.2, 0.25) is 0 Å². The third-order valence-electron chi connectivity index (χ3n) is 4.82. The summed E-state index contributed by atoms with van der Waals surface area (Å²) in [6.45, 7) is 3.60. The lowest BCUT2D eigenvalue weighted by Gasteiger charge is -2.15. The van der Waals surface area contributed by atoms with Crippen LogP contribution in [0.3, 0.4) is 0 Å². The summed E-state index contributed by atoms with van der Waals surface area (Å²) in [5, 5.41) is 13.2. The second-order valence-electron chi connectivity index (χ2n) is 7.19. The zero-order valence-corrected chi connectivity index (χ0v) is 19.2. The molecular weight excluding hydrogens is 451 g/mol. The summed E-state index contributed by atoms with van der Waals surface area (Å²) in [5.74, 6) is 0.361. The van der Waals surface area contributed by atoms with Crippen LogP contribution >= 0.6 is 23.2 Å². The number of ether oxygens (including phenoxy) is 3. The number of carbonyl (C=O) groups is 1. The number of amides is 1. The predicted octanol–water partition coefficient (Wildman–Crippen LogP) is 5.17. The average molecular weight is 475 g/mol. The minimum atomic E-state index is -0.458. The van der Waals surface area contributed by atoms with Gasteiger partial charge in [-0.05, 0) is 61.2 Å². The first-order valence-corrected chi connectivity index (χ1v) is 11.1. The maximum absolute atomic E-state index is 12.4. The maximum Gasteiger partial charge on any atom is 0.262 e. The molecule has 1 N–H and O–H groups in total. The summed E-state index contributed by atoms with van der Waals surface area (Å²) in [5.41, 5.74) is 1.45. The van der Waals surface area contributed by atoms with Crippen LogP contribution in [0.5, 0.6) is 11.5 Å². The van der Waals surface area contributed by atoms with E-state index in [0.717, 1.165) is 18.4 Å². The molecule has 0 unspecified atom stereocenters. The third-order valence-corrected chi connectivity index (χ3v) is 5.35. The molecular formula is C24H24Cl2N2O4. The van der Waals surface area contributed by atoms with Gasteiger partial charge in [-0.3, -0.25) is 4.79 Å². The highest BCUT2D eigenvalue weighted by atomic mass is 35.5. The van der Waals surface area contributed by atoms with E-state index in [2.05, 4.69) is 5.32 Å². The van der Waals surface area contributed by atoms with Gasteiger partial charge in [0.1, 0.15) is 18.2 Å². The van der Waals surface area contributed by atoms with Gasteiger partial charge in [-0.1, -0.05) is 35.3 Å². The van der Waals surface area contributed by atoms with Crippen LogP contribution in [0.25, 0.3) is 6.08 Å². The minimum Gasteiger partial charge on any atom is -0.490 e. The van der Waals surface area contributed by atoms with Crippen molar-refractivity contribution >= 4 is 35.2 Å². The second kappa shape index (κ2) is 11.8. The number of benzene rings is 2. The first kappa shape index (κ1) is 23.9. The molecule has 32 heavy (non-hydrogen) atoms. The number of nitriles is 1. The average Bonchev–Trinajstić information content (AvgIpc) is 3.30. The molecule has 8 heteroatoms. The summed E-state index contributed by atoms with van der Waals surface area (Å²) in [6, 6.07) is 12.6. The molecule has 0 bridgehead atoms. The number of nitrogens with zero attached hydrogens (tertiary/aromatic N) is 1. The first-order chi connectivity index (χ1) is 15.5. The quantitative estimate of drug-likeness (QED) is 0.400. The van der Waals surface area contributed by atoms with E-state index in [0.29, 0.717) is 46.9 Å². The van der Waals surface area contributed by atoms with Crippen LogP contribution in [0.1, 0.15) is 30.9 Å². The van der Waals surface area contributed by atoms with Crippen molar-refractivity contribution in [3.63, 3.8) is 0 Å². The van der Waals surface area contributed by atoms with E-state index in [9.17, 15) is 10.1 Å². The number of hydrogen-bond donors (Lipinski definition) is 1. The van der Waals surface area contributed by atoms with Gasteiger partial charge in [0.15, 0.2) is 11.5 Å². The van der Waals surface area contributed by atoms with Gasteiger partial charge in [0.05, 0.1) is 17.7 Å². The lowest BCUT2D eigenvalue weighted by molar-refractivity contribution is -0.117. The second-order valence-corrected chi connectivity index (χ2v) is 8.04. The summed E-state index contributed by atoms with van der Waals surface area (Å²) in [7, 11) is 0. The maximum atomic E-state index is 12.4. The Morgan fingerprint density at radius 2 is 2.06 bits per heavy atom. The van der Waals surface area contributed by atoms with Crippen LogP contribution in [0.4, 0.5) is 0 Å². The van der Waals surface area contributed by atoms with Gasteiger partial charge in [0, 0.05) is 18.2 Å². The van der Waals surface area contributed by atoms with Crippen LogP contribution in [0.15, 0.2) is 42.0 Å². The number of halogens is 2. The van der Waals surface area contributed by atoms with E-state index >= 15 is 0 Å². The molecule has 1 atom stereocenters. The monoisotopic (exact) mass is 474 g/mol. The molecule has 2 aromatic carbocycles. The van der Waals surface area contributed by atoms with Crippen LogP contribution in [0.2, 0.25) is 10.0 Å². The van der Waals surface area contributed by atoms with Gasteiger partial charge in [0.25, 0.3) is 5.91 Å². The highest BCUT2D eigenvalue weighted by Crippen LogP contribution is 2.38. The summed E-state index contributed by atoms with van der Waals surface area (Å²) in [6.07, 6.45) is 3.35. The molecule has 0 radical (unpaired) electrons. The number of rotatable bonds is 9. The lowest BCUT2D eigenvalue weighted by atomic mass is 10.1. The molecule has 1 aliphatic rings. The van der Waals surface area contributed by atoms with Gasteiger partial charge >= 0.3 is 0 Å². The Labute approximate surface area is 197 Å². The SMILES string of the molecule is CCOc1cc(/C=C(\C#N)C(=O)NC[C@H]2CCCO2)cc(Cl)c1OCc1ccc(Cl)cc1. The molecule has 1 heterocycles. The van der Waals surface area contributed by atoms with Crippen molar-refractivity contribution in [1.29, 1.82) is 5.26 Å². The fraction of sp³-hybridized carbons (Fsp3) is 0.333. The summed E-state index contributed by atoms with van der Waals surface area (Å²) in [4.78, 5) is 12.4. The largest absolute Gasteiger partial charge is 0.490 e. The summed E-state index contributed by atoms with van der Waals surface area (Å²) >= 11 is 12.4. The van der Waals surface area contributed by atoms with E-state index in [1.807, 2.05) is 25.1 Å². The van der Waals surface area contributed by atoms with E-state index in [4.69, 9.17) is 37.4 Å². The van der Waals surface area contributed by atoms with Crippen LogP contribution in [0, 0.1) is 11.3 Å². The fourth-order valence-electron chi connectivity index (χ4n) is 3.23. The standard InChI is InChI=1S/C24H24Cl2N2O4/c1-2-30-22-12-17(10-18(13-27)24(29)28-14-20-4-3-9-31-20)11-21(26)23(22)32-15-16-5-7-19(25)8-6-16/h5-8,10-12,20H,2-4,9,14-15H2,1H3,(H,28,29)/b18-10+/t20-/m1/s1. The normalized spacial score (nSPS) is 15.8. The zero-order chi connectivity index (χ0) is 22.9. The van der Waals surface area contributed by atoms with Crippen molar-refractivity contribution in [2.45, 2.75) is 32.5 Å². The van der Waals surface area contributed by atoms with Crippen molar-refractivity contribution in [3.8, 4) is 17.6 Å². The number of carbonyl (C=O) groups excluding carboxylic acids is 1. The van der Waals surface area contributed by atoms with Crippen molar-refractivity contribution < 1.29 is 19.0 Å². The van der Waals surface area contributed by atoms with Crippen molar-refractivity contribution in [2.75, 3.05) is 19.8 Å². The molecule has 1 fully saturated rings. The Balaban J connectivity index is 1.76. The van der Waals surface area contributed by atoms with Gasteiger partial charge in [-0.15, -0.1) is 0 Å². The molecule has 2 aromatic rings. The van der Waals surface area contributed by atoms with Crippen molar-refractivity contribution in [1.82, 2.24) is 5.32 Å². The number of hydrogen-bond acceptors (Lipinski definition) is 5. The highest BCUT2D eigenvalue weighted by molar-refractivity contribution is 6.32. The Hall–Kier alpha value is -2.72. The first-order valence-electron chi connectivity index (χ1n) is 10.3. The molecule has 3 rings (SSSR count). The smallest absolute Gasteiger partial charge is 0.262 e. The summed E-state index contributed by atoms with van der Waals surface area (Å²) < 4.78 is 17.1. The van der Waals surface area contributed by atoms with Gasteiger partial charge in [-0.25, -0.2) is 0 Å². The topological polar surface area (TPSA) is 80.6 Å². The Morgan fingerprint density at radius 3 is 2.72 bits per heavy atom. The van der Waals surface area contributed by atoms with Crippen LogP contribution in [-0.4, -0.2) is 31.8 Å². The van der Waals surface area contributed by atoms with Gasteiger partial charge < -0.3 is 19.5 Å². The molecule has 1 aliphatic heterocycles. The molecule has 1 saturated heterocycles. The minimum absolute atomic E-state index is 0.00466. The van der Waals surface area contributed by atoms with E-state index in [1.165, 1.54) is 6.08 Å². The molecule has 6 nitrogen and oxygen atoms in total. The van der Waals surface area contributed by atoms with Crippen LogP contribution < -0.4 is 14.8 Å². The van der Waals surface area contributed by atoms with Crippen LogP contribution in [-0.2, 0) is 16.1 Å². The van der Waals surface area contributed by atoms with Crippen molar-refractivity contribution in [3.05, 3.63) is 63.1 Å². The van der Waals surface area contributed by atoms with E-state index < -0.39 is 5.91 Å². The van der Waals surface area contributed by atoms with Gasteiger partial charge in [-0.2, -0.15) is 5.26 Å². The molecule has 0 aliphatic carbocycles. The predicted molar refractivity (Wildman–Crippen MR) is 124 cm³/mol.